The second-order valence-electron chi connectivity index (χ2n) is 28.0. The van der Waals surface area contributed by atoms with E-state index in [4.69, 9.17) is 14.2 Å². The van der Waals surface area contributed by atoms with Crippen LogP contribution >= 0.6 is 0 Å². The van der Waals surface area contributed by atoms with Crippen molar-refractivity contribution >= 4 is 93.9 Å². The number of likely N-dealkylation sites (N-methyl/N-ethyl adjacent to an activating group) is 4. The summed E-state index contributed by atoms with van der Waals surface area (Å²) >= 11 is 0. The molecule has 0 bridgehead atoms. The molecule has 2 N–H and O–H groups in total. The van der Waals surface area contributed by atoms with Crippen LogP contribution in [0.5, 0.6) is 5.75 Å². The standard InChI is InChI=1S/C17H25NO2.C16H23NO3.C12H22N2O3.C12H24N2O2.C12H21NO4.C12H23NO3/c1-5-6-10-15(19)12-14-9-7-8-11-16(14)18(4)17(20)13(2)3;1-5-6-11-15(18)20-14-10-8-7-9-13(14)17(4)16(19)12(2)3;1-9(2)12(17)14(4)8-7-13-11(16)6-5-10(3)15;1-5-6-7-11(15)13-8-9-14(4)12(16)10(2)3;1-9(2)12(16)13(4)7-8-17-11(15)6-5-10(3)14;1-5-6-7-11(14)16-9-8-13(4)12(15)10(2)3/h7-9,11,13H,5-6,10,12H2,1-4H3;7-10,12H,5-6,11H2,1-4H3;9H,5-8H2,1-4H3,(H,13,16);10H,5-9H2,1-4H3,(H,13,15);9H,5-8H2,1-4H3;10H,5-9H2,1-4H3. The van der Waals surface area contributed by atoms with Gasteiger partial charge in [-0.05, 0) is 63.3 Å². The molecule has 0 radical (unpaired) electrons. The lowest BCUT2D eigenvalue weighted by molar-refractivity contribution is -0.146. The zero-order valence-electron chi connectivity index (χ0n) is 69.4. The highest BCUT2D eigenvalue weighted by Gasteiger charge is 2.22. The Morgan fingerprint density at radius 1 is 0.358 bits per heavy atom. The Kier molecular flexibility index (Phi) is 60.6. The number of nitrogens with one attached hydrogen (secondary N) is 2. The van der Waals surface area contributed by atoms with Crippen LogP contribution in [0.1, 0.15) is 233 Å². The molecule has 0 saturated carbocycles. The normalized spacial score (nSPS) is 10.4. The summed E-state index contributed by atoms with van der Waals surface area (Å²) in [6, 6.07) is 14.8. The number of hydrogen-bond donors (Lipinski definition) is 2. The smallest absolute Gasteiger partial charge is 0.311 e. The Hall–Kier alpha value is -8.38. The number of Topliss-reactive ketones (excluding diaryl/α,β-unsaturated/α-hetero) is 3. The highest BCUT2D eigenvalue weighted by Crippen LogP contribution is 2.29. The van der Waals surface area contributed by atoms with Gasteiger partial charge >= 0.3 is 17.9 Å². The summed E-state index contributed by atoms with van der Waals surface area (Å²) < 4.78 is 15.3. The van der Waals surface area contributed by atoms with Gasteiger partial charge in [0.2, 0.25) is 47.3 Å². The molecule has 25 nitrogen and oxygen atoms in total. The minimum atomic E-state index is -0.398. The van der Waals surface area contributed by atoms with E-state index in [0.717, 1.165) is 62.6 Å². The van der Waals surface area contributed by atoms with E-state index in [1.807, 2.05) is 127 Å². The number of hydrogen-bond acceptors (Lipinski definition) is 17. The number of para-hydroxylation sites is 3. The number of ether oxygens (including phenoxy) is 3. The minimum Gasteiger partial charge on any atom is -0.464 e. The number of amides is 8. The molecule has 0 spiro atoms. The van der Waals surface area contributed by atoms with Crippen LogP contribution in [0, 0.1) is 35.5 Å². The number of ketones is 3. The highest BCUT2D eigenvalue weighted by molar-refractivity contribution is 5.97. The Labute approximate surface area is 636 Å². The molecule has 25 heteroatoms. The summed E-state index contributed by atoms with van der Waals surface area (Å²) in [6.45, 7) is 36.6. The summed E-state index contributed by atoms with van der Waals surface area (Å²) in [5, 5.41) is 5.49. The van der Waals surface area contributed by atoms with Gasteiger partial charge in [0, 0.05) is 161 Å². The van der Waals surface area contributed by atoms with Crippen LogP contribution in [0.4, 0.5) is 11.4 Å². The van der Waals surface area contributed by atoms with Gasteiger partial charge in [-0.15, -0.1) is 0 Å². The number of carbonyl (C=O) groups excluding carboxylic acids is 14. The van der Waals surface area contributed by atoms with E-state index in [1.165, 1.54) is 23.6 Å². The van der Waals surface area contributed by atoms with Gasteiger partial charge in [0.1, 0.15) is 30.6 Å². The van der Waals surface area contributed by atoms with E-state index >= 15 is 0 Å². The Morgan fingerprint density at radius 3 is 1.08 bits per heavy atom. The minimum absolute atomic E-state index is 0.00672. The number of nitrogens with zero attached hydrogens (tertiary/aromatic N) is 6. The lowest BCUT2D eigenvalue weighted by Gasteiger charge is -2.22. The molecular formula is C81H138N8O17. The monoisotopic (exact) mass is 1500 g/mol. The summed E-state index contributed by atoms with van der Waals surface area (Å²) in [5.41, 5.74) is 2.40. The molecule has 2 rings (SSSR count). The third-order valence-electron chi connectivity index (χ3n) is 15.7. The maximum atomic E-state index is 12.1. The summed E-state index contributed by atoms with van der Waals surface area (Å²) in [6.07, 6.45) is 10.8. The quantitative estimate of drug-likeness (QED) is 0.0461. The number of anilines is 2. The van der Waals surface area contributed by atoms with Gasteiger partial charge < -0.3 is 63.8 Å². The first-order valence-corrected chi connectivity index (χ1v) is 37.9. The van der Waals surface area contributed by atoms with Gasteiger partial charge in [-0.3, -0.25) is 57.5 Å². The fraction of sp³-hybridized carbons (Fsp3) is 0.679. The summed E-state index contributed by atoms with van der Waals surface area (Å²) in [4.78, 5) is 169. The number of unbranched alkanes of at least 4 members (excludes halogenated alkanes) is 4. The number of benzene rings is 2. The zero-order valence-corrected chi connectivity index (χ0v) is 69.4. The second-order valence-corrected chi connectivity index (χ2v) is 28.0. The molecule has 0 unspecified atom stereocenters. The molecule has 0 aliphatic rings. The van der Waals surface area contributed by atoms with Crippen LogP contribution < -0.4 is 25.2 Å². The molecule has 0 aromatic heterocycles. The highest BCUT2D eigenvalue weighted by atomic mass is 16.5. The van der Waals surface area contributed by atoms with Crippen molar-refractivity contribution in [2.75, 3.05) is 105 Å². The molecular weight excluding hydrogens is 1360 g/mol. The van der Waals surface area contributed by atoms with E-state index in [-0.39, 0.29) is 151 Å². The van der Waals surface area contributed by atoms with Gasteiger partial charge in [0.25, 0.3) is 0 Å². The molecule has 0 fully saturated rings. The maximum Gasteiger partial charge on any atom is 0.311 e. The van der Waals surface area contributed by atoms with Crippen LogP contribution in [0.25, 0.3) is 0 Å². The lowest BCUT2D eigenvalue weighted by Crippen LogP contribution is -2.37. The molecule has 0 aliphatic carbocycles. The third-order valence-corrected chi connectivity index (χ3v) is 15.7. The third kappa shape index (κ3) is 52.6. The van der Waals surface area contributed by atoms with Crippen molar-refractivity contribution in [1.82, 2.24) is 30.2 Å². The fourth-order valence-corrected chi connectivity index (χ4v) is 9.06. The van der Waals surface area contributed by atoms with Crippen LogP contribution in [-0.2, 0) is 83.0 Å². The SMILES string of the molecule is CC(=O)CCC(=O)NCCN(C)C(=O)C(C)C.CC(=O)CCC(=O)OCCN(C)C(=O)C(C)C.CCCCC(=O)Cc1ccccc1N(C)C(=O)C(C)C.CCCCC(=O)NCCN(C)C(=O)C(C)C.CCCCC(=O)OCCN(C)C(=O)C(C)C.CCCCC(=O)Oc1ccccc1N(C)C(=O)C(C)C. The van der Waals surface area contributed by atoms with Crippen molar-refractivity contribution in [1.29, 1.82) is 0 Å². The van der Waals surface area contributed by atoms with E-state index in [0.29, 0.717) is 82.8 Å². The van der Waals surface area contributed by atoms with Crippen LogP contribution in [0.2, 0.25) is 0 Å². The van der Waals surface area contributed by atoms with Crippen LogP contribution in [-0.4, -0.2) is 197 Å². The largest absolute Gasteiger partial charge is 0.464 e. The Morgan fingerprint density at radius 2 is 0.679 bits per heavy atom. The molecule has 106 heavy (non-hydrogen) atoms. The Bertz CT molecular complexity index is 2750. The summed E-state index contributed by atoms with van der Waals surface area (Å²) in [7, 11) is 10.3. The van der Waals surface area contributed by atoms with Gasteiger partial charge in [0.15, 0.2) is 5.75 Å². The molecule has 604 valence electrons. The molecule has 2 aromatic rings. The summed E-state index contributed by atoms with van der Waals surface area (Å²) in [5.74, 6) is -0.187. The van der Waals surface area contributed by atoms with E-state index in [2.05, 4.69) is 24.5 Å². The van der Waals surface area contributed by atoms with Crippen LogP contribution in [0.15, 0.2) is 48.5 Å². The van der Waals surface area contributed by atoms with E-state index < -0.39 is 5.97 Å². The fourth-order valence-electron chi connectivity index (χ4n) is 9.06. The molecule has 8 amide bonds. The number of carbonyl (C=O) groups is 14. The topological polar surface area (TPSA) is 310 Å². The predicted molar refractivity (Wildman–Crippen MR) is 419 cm³/mol. The average molecular weight is 1500 g/mol. The second kappa shape index (κ2) is 61.7. The van der Waals surface area contributed by atoms with Crippen molar-refractivity contribution in [3.63, 3.8) is 0 Å². The van der Waals surface area contributed by atoms with E-state index in [9.17, 15) is 67.1 Å². The van der Waals surface area contributed by atoms with Crippen molar-refractivity contribution in [2.24, 2.45) is 35.5 Å². The van der Waals surface area contributed by atoms with E-state index in [1.54, 1.807) is 80.1 Å². The molecule has 0 heterocycles. The number of rotatable bonds is 41. The molecule has 2 aromatic carbocycles. The first-order valence-electron chi connectivity index (χ1n) is 37.9. The number of esters is 3. The Balaban J connectivity index is -0.000000591. The maximum absolute atomic E-state index is 12.1. The predicted octanol–water partition coefficient (Wildman–Crippen LogP) is 11.8. The van der Waals surface area contributed by atoms with Gasteiger partial charge in [0.05, 0.1) is 25.2 Å². The van der Waals surface area contributed by atoms with Crippen LogP contribution in [0.3, 0.4) is 0 Å². The molecule has 0 saturated heterocycles. The van der Waals surface area contributed by atoms with Crippen molar-refractivity contribution in [2.45, 2.75) is 234 Å². The first-order chi connectivity index (χ1) is 49.6. The van der Waals surface area contributed by atoms with Gasteiger partial charge in [-0.2, -0.15) is 0 Å². The lowest BCUT2D eigenvalue weighted by atomic mass is 10.0. The molecule has 0 aliphatic heterocycles. The molecule has 0 atom stereocenters. The van der Waals surface area contributed by atoms with Gasteiger partial charge in [-0.25, -0.2) is 0 Å². The average Bonchev–Trinajstić information content (AvgIpc) is 0.844. The van der Waals surface area contributed by atoms with Gasteiger partial charge in [-0.1, -0.05) is 167 Å². The zero-order chi connectivity index (χ0) is 82.2. The van der Waals surface area contributed by atoms with Crippen molar-refractivity contribution in [3.05, 3.63) is 54.1 Å². The first kappa shape index (κ1) is 104. The van der Waals surface area contributed by atoms with Crippen molar-refractivity contribution < 1.29 is 81.3 Å². The van der Waals surface area contributed by atoms with Crippen molar-refractivity contribution in [3.8, 4) is 5.75 Å².